The maximum Gasteiger partial charge on any atom is 0.269 e. The zero-order chi connectivity index (χ0) is 14.7. The van der Waals surface area contributed by atoms with Gasteiger partial charge in [-0.15, -0.1) is 12.4 Å². The second-order valence-corrected chi connectivity index (χ2v) is 5.19. The Bertz CT molecular complexity index is 623. The molecule has 1 atom stereocenters. The average molecular weight is 325 g/mol. The number of benzene rings is 1. The first-order chi connectivity index (χ1) is 10.2. The highest BCUT2D eigenvalue weighted by Gasteiger charge is 2.18. The van der Waals surface area contributed by atoms with Crippen molar-refractivity contribution in [3.05, 3.63) is 41.8 Å². The van der Waals surface area contributed by atoms with Crippen LogP contribution in [-0.2, 0) is 0 Å². The number of aromatic nitrogens is 2. The van der Waals surface area contributed by atoms with Gasteiger partial charge in [0.1, 0.15) is 11.5 Å². The number of carbonyl (C=O) groups is 1. The summed E-state index contributed by atoms with van der Waals surface area (Å²) in [5.41, 5.74) is 1.81. The van der Waals surface area contributed by atoms with Gasteiger partial charge in [-0.2, -0.15) is 5.10 Å². The fourth-order valence-electron chi connectivity index (χ4n) is 2.44. The van der Waals surface area contributed by atoms with Crippen LogP contribution in [0.15, 0.2) is 30.3 Å². The molecule has 0 spiro atoms. The second-order valence-electron chi connectivity index (χ2n) is 5.19. The molecular formula is C15H18ClFN4O. The van der Waals surface area contributed by atoms with Crippen molar-refractivity contribution in [1.82, 2.24) is 20.8 Å². The molecule has 0 saturated carbocycles. The summed E-state index contributed by atoms with van der Waals surface area (Å²) in [6.07, 6.45) is 2.05. The first-order valence-electron chi connectivity index (χ1n) is 7.05. The van der Waals surface area contributed by atoms with E-state index in [9.17, 15) is 9.18 Å². The molecule has 1 saturated heterocycles. The molecule has 118 valence electrons. The Morgan fingerprint density at radius 1 is 1.32 bits per heavy atom. The number of aromatic amines is 1. The van der Waals surface area contributed by atoms with Crippen molar-refractivity contribution >= 4 is 18.3 Å². The van der Waals surface area contributed by atoms with Gasteiger partial charge in [-0.05, 0) is 49.7 Å². The number of H-pyrrole nitrogens is 1. The summed E-state index contributed by atoms with van der Waals surface area (Å²) in [4.78, 5) is 12.1. The summed E-state index contributed by atoms with van der Waals surface area (Å²) in [5, 5.41) is 13.1. The van der Waals surface area contributed by atoms with Gasteiger partial charge in [-0.1, -0.05) is 0 Å². The zero-order valence-electron chi connectivity index (χ0n) is 11.9. The Morgan fingerprint density at radius 3 is 2.77 bits per heavy atom. The molecule has 1 aromatic heterocycles. The van der Waals surface area contributed by atoms with E-state index in [2.05, 4.69) is 20.8 Å². The second kappa shape index (κ2) is 7.38. The highest BCUT2D eigenvalue weighted by atomic mass is 35.5. The number of carbonyl (C=O) groups excluding carboxylic acids is 1. The lowest BCUT2D eigenvalue weighted by Gasteiger charge is -2.23. The molecule has 2 aromatic rings. The quantitative estimate of drug-likeness (QED) is 0.810. The molecular weight excluding hydrogens is 307 g/mol. The summed E-state index contributed by atoms with van der Waals surface area (Å²) in [5.74, 6) is -0.457. The van der Waals surface area contributed by atoms with Crippen molar-refractivity contribution in [3.63, 3.8) is 0 Å². The predicted molar refractivity (Wildman–Crippen MR) is 84.6 cm³/mol. The maximum atomic E-state index is 12.9. The van der Waals surface area contributed by atoms with Crippen LogP contribution in [0.5, 0.6) is 0 Å². The van der Waals surface area contributed by atoms with Gasteiger partial charge < -0.3 is 10.6 Å². The summed E-state index contributed by atoms with van der Waals surface area (Å²) in [6.45, 7) is 1.80. The van der Waals surface area contributed by atoms with Gasteiger partial charge in [0.2, 0.25) is 0 Å². The minimum absolute atomic E-state index is 0. The highest BCUT2D eigenvalue weighted by Crippen LogP contribution is 2.18. The lowest BCUT2D eigenvalue weighted by molar-refractivity contribution is 0.0925. The first-order valence-corrected chi connectivity index (χ1v) is 7.05. The lowest BCUT2D eigenvalue weighted by Crippen LogP contribution is -2.45. The van der Waals surface area contributed by atoms with Gasteiger partial charge in [-0.3, -0.25) is 9.89 Å². The molecule has 22 heavy (non-hydrogen) atoms. The van der Waals surface area contributed by atoms with Crippen LogP contribution in [0.2, 0.25) is 0 Å². The van der Waals surface area contributed by atoms with Crippen molar-refractivity contribution in [2.45, 2.75) is 18.9 Å². The van der Waals surface area contributed by atoms with E-state index in [0.717, 1.165) is 31.5 Å². The van der Waals surface area contributed by atoms with E-state index in [1.807, 2.05) is 0 Å². The monoisotopic (exact) mass is 324 g/mol. The van der Waals surface area contributed by atoms with Gasteiger partial charge in [0.15, 0.2) is 0 Å². The highest BCUT2D eigenvalue weighted by molar-refractivity contribution is 5.93. The van der Waals surface area contributed by atoms with Crippen molar-refractivity contribution < 1.29 is 9.18 Å². The van der Waals surface area contributed by atoms with Crippen molar-refractivity contribution in [3.8, 4) is 11.3 Å². The van der Waals surface area contributed by atoms with E-state index in [1.165, 1.54) is 12.1 Å². The van der Waals surface area contributed by atoms with E-state index in [0.29, 0.717) is 11.4 Å². The topological polar surface area (TPSA) is 69.8 Å². The standard InChI is InChI=1S/C15H17FN4O.ClH/c16-11-5-3-10(4-6-11)13-8-14(20-19-13)15(21)18-12-2-1-7-17-9-12;/h3-6,8,12,17H,1-2,7,9H2,(H,18,21)(H,19,20);1H. The minimum Gasteiger partial charge on any atom is -0.347 e. The van der Waals surface area contributed by atoms with Crippen molar-refractivity contribution in [2.24, 2.45) is 0 Å². The molecule has 0 radical (unpaired) electrons. The van der Waals surface area contributed by atoms with E-state index in [1.54, 1.807) is 18.2 Å². The molecule has 5 nitrogen and oxygen atoms in total. The molecule has 3 N–H and O–H groups in total. The van der Waals surface area contributed by atoms with Crippen molar-refractivity contribution in [2.75, 3.05) is 13.1 Å². The third-order valence-electron chi connectivity index (χ3n) is 3.59. The molecule has 3 rings (SSSR count). The van der Waals surface area contributed by atoms with Crippen LogP contribution in [0.25, 0.3) is 11.3 Å². The van der Waals surface area contributed by atoms with E-state index in [4.69, 9.17) is 0 Å². The molecule has 1 aliphatic heterocycles. The third-order valence-corrected chi connectivity index (χ3v) is 3.59. The Balaban J connectivity index is 0.00000176. The van der Waals surface area contributed by atoms with Crippen LogP contribution in [0.1, 0.15) is 23.3 Å². The molecule has 1 aromatic carbocycles. The fourth-order valence-corrected chi connectivity index (χ4v) is 2.44. The number of nitrogens with zero attached hydrogens (tertiary/aromatic N) is 1. The van der Waals surface area contributed by atoms with Gasteiger partial charge in [0.05, 0.1) is 5.69 Å². The Hall–Kier alpha value is -1.92. The Kier molecular flexibility index (Phi) is 5.51. The molecule has 7 heteroatoms. The molecule has 1 unspecified atom stereocenters. The van der Waals surface area contributed by atoms with Gasteiger partial charge in [0.25, 0.3) is 5.91 Å². The SMILES string of the molecule is Cl.O=C(NC1CCCNC1)c1cc(-c2ccc(F)cc2)n[nH]1. The average Bonchev–Trinajstić information content (AvgIpc) is 2.99. The van der Waals surface area contributed by atoms with E-state index < -0.39 is 0 Å². The largest absolute Gasteiger partial charge is 0.347 e. The third kappa shape index (κ3) is 3.84. The number of rotatable bonds is 3. The number of amides is 1. The zero-order valence-corrected chi connectivity index (χ0v) is 12.8. The van der Waals surface area contributed by atoms with Crippen LogP contribution in [0.3, 0.4) is 0 Å². The van der Waals surface area contributed by atoms with Crippen LogP contribution >= 0.6 is 12.4 Å². The van der Waals surface area contributed by atoms with Gasteiger partial charge >= 0.3 is 0 Å². The normalized spacial score (nSPS) is 17.6. The smallest absolute Gasteiger partial charge is 0.269 e. The molecule has 0 aliphatic carbocycles. The summed E-state index contributed by atoms with van der Waals surface area (Å²) >= 11 is 0. The predicted octanol–water partition coefficient (Wildman–Crippen LogP) is 2.12. The summed E-state index contributed by atoms with van der Waals surface area (Å²) in [6, 6.07) is 7.85. The Labute approximate surface area is 134 Å². The molecule has 2 heterocycles. The molecule has 1 fully saturated rings. The molecule has 0 bridgehead atoms. The van der Waals surface area contributed by atoms with Gasteiger partial charge in [-0.25, -0.2) is 4.39 Å². The van der Waals surface area contributed by atoms with Crippen LogP contribution in [0.4, 0.5) is 4.39 Å². The summed E-state index contributed by atoms with van der Waals surface area (Å²) in [7, 11) is 0. The van der Waals surface area contributed by atoms with Gasteiger partial charge in [0, 0.05) is 18.2 Å². The molecule has 1 aliphatic rings. The van der Waals surface area contributed by atoms with Crippen LogP contribution in [0, 0.1) is 5.82 Å². The van der Waals surface area contributed by atoms with E-state index in [-0.39, 0.29) is 30.2 Å². The van der Waals surface area contributed by atoms with Crippen LogP contribution < -0.4 is 10.6 Å². The van der Waals surface area contributed by atoms with E-state index >= 15 is 0 Å². The summed E-state index contributed by atoms with van der Waals surface area (Å²) < 4.78 is 12.9. The number of hydrogen-bond donors (Lipinski definition) is 3. The fraction of sp³-hybridized carbons (Fsp3) is 0.333. The molecule has 1 amide bonds. The number of piperidine rings is 1. The lowest BCUT2D eigenvalue weighted by atomic mass is 10.1. The van der Waals surface area contributed by atoms with Crippen molar-refractivity contribution in [1.29, 1.82) is 0 Å². The number of nitrogens with one attached hydrogen (secondary N) is 3. The Morgan fingerprint density at radius 2 is 2.09 bits per heavy atom. The first kappa shape index (κ1) is 16.5. The van der Waals surface area contributed by atoms with Crippen LogP contribution in [-0.4, -0.2) is 35.2 Å². The number of halogens is 2. The minimum atomic E-state index is -0.294. The number of hydrogen-bond acceptors (Lipinski definition) is 3. The maximum absolute atomic E-state index is 12.9.